The highest BCUT2D eigenvalue weighted by molar-refractivity contribution is 9.10. The molecule has 2 fully saturated rings. The number of ether oxygens (including phenoxy) is 1. The van der Waals surface area contributed by atoms with Crippen LogP contribution in [0.1, 0.15) is 28.5 Å². The molecule has 0 radical (unpaired) electrons. The number of halogens is 1. The number of carbonyl (C=O) groups excluding carboxylic acids is 2. The molecular formula is C29H28BrN3O3. The minimum atomic E-state index is -0.424. The van der Waals surface area contributed by atoms with Crippen LogP contribution in [0.5, 0.6) is 0 Å². The van der Waals surface area contributed by atoms with Gasteiger partial charge in [-0.15, -0.1) is 0 Å². The van der Waals surface area contributed by atoms with E-state index in [0.717, 1.165) is 21.2 Å². The van der Waals surface area contributed by atoms with E-state index in [1.165, 1.54) is 0 Å². The number of nitrogens with one attached hydrogen (secondary N) is 1. The standard InChI is InChI=1S/C29H28BrN3O3/c30-23-13-11-20(12-14-23)19-31-32-28(34)26-24(21-7-3-1-4-8-21)27(25(26)22-9-5-2-6-10-22)29(35)33-15-17-36-18-16-33/h1-14,19,24-27H,15-18H2,(H,32,34)/b31-19+. The quantitative estimate of drug-likeness (QED) is 0.364. The molecule has 1 saturated heterocycles. The number of carbonyl (C=O) groups is 2. The van der Waals surface area contributed by atoms with Gasteiger partial charge in [0.1, 0.15) is 0 Å². The van der Waals surface area contributed by atoms with E-state index in [9.17, 15) is 9.59 Å². The lowest BCUT2D eigenvalue weighted by Gasteiger charge is -2.52. The van der Waals surface area contributed by atoms with Crippen LogP contribution >= 0.6 is 15.9 Å². The largest absolute Gasteiger partial charge is 0.378 e. The Morgan fingerprint density at radius 3 is 1.94 bits per heavy atom. The third kappa shape index (κ3) is 5.13. The molecule has 0 spiro atoms. The van der Waals surface area contributed by atoms with Crippen molar-refractivity contribution in [1.29, 1.82) is 0 Å². The molecule has 5 rings (SSSR count). The zero-order chi connectivity index (χ0) is 24.9. The Morgan fingerprint density at radius 2 is 1.39 bits per heavy atom. The molecule has 2 atom stereocenters. The van der Waals surface area contributed by atoms with Gasteiger partial charge in [-0.2, -0.15) is 5.10 Å². The van der Waals surface area contributed by atoms with Crippen LogP contribution in [0, 0.1) is 11.8 Å². The van der Waals surface area contributed by atoms with E-state index >= 15 is 0 Å². The van der Waals surface area contributed by atoms with Gasteiger partial charge in [0.2, 0.25) is 11.8 Å². The molecule has 2 aliphatic rings. The first-order valence-corrected chi connectivity index (χ1v) is 13.0. The number of hydrogen-bond donors (Lipinski definition) is 1. The Kier molecular flexibility index (Phi) is 7.58. The van der Waals surface area contributed by atoms with Crippen molar-refractivity contribution in [3.8, 4) is 0 Å². The second kappa shape index (κ2) is 11.2. The number of amides is 2. The number of rotatable bonds is 6. The third-order valence-corrected chi connectivity index (χ3v) is 7.61. The average molecular weight is 546 g/mol. The molecule has 3 aromatic rings. The highest BCUT2D eigenvalue weighted by Gasteiger charge is 2.58. The van der Waals surface area contributed by atoms with Crippen molar-refractivity contribution >= 4 is 34.0 Å². The molecule has 1 aliphatic heterocycles. The fourth-order valence-electron chi connectivity index (χ4n) is 5.35. The van der Waals surface area contributed by atoms with E-state index in [1.807, 2.05) is 89.8 Å². The maximum Gasteiger partial charge on any atom is 0.244 e. The Labute approximate surface area is 219 Å². The maximum absolute atomic E-state index is 13.8. The molecule has 7 heteroatoms. The number of nitrogens with zero attached hydrogens (tertiary/aromatic N) is 2. The molecular weight excluding hydrogens is 518 g/mol. The predicted molar refractivity (Wildman–Crippen MR) is 143 cm³/mol. The second-order valence-electron chi connectivity index (χ2n) is 9.15. The highest BCUT2D eigenvalue weighted by Crippen LogP contribution is 2.58. The van der Waals surface area contributed by atoms with Crippen molar-refractivity contribution in [2.24, 2.45) is 16.9 Å². The SMILES string of the molecule is O=C(N/N=C/c1ccc(Br)cc1)C1C(c2ccccc2)C(C(=O)N2CCOCC2)C1c1ccccc1. The molecule has 0 bridgehead atoms. The summed E-state index contributed by atoms with van der Waals surface area (Å²) in [6.45, 7) is 2.23. The van der Waals surface area contributed by atoms with Crippen LogP contribution in [0.3, 0.4) is 0 Å². The van der Waals surface area contributed by atoms with Crippen LogP contribution in [-0.4, -0.2) is 49.2 Å². The Balaban J connectivity index is 1.46. The van der Waals surface area contributed by atoms with E-state index in [2.05, 4.69) is 26.5 Å². The van der Waals surface area contributed by atoms with Gasteiger partial charge in [0.05, 0.1) is 31.3 Å². The van der Waals surface area contributed by atoms with Gasteiger partial charge in [-0.25, -0.2) is 5.43 Å². The van der Waals surface area contributed by atoms with Gasteiger partial charge in [-0.1, -0.05) is 88.7 Å². The third-order valence-electron chi connectivity index (χ3n) is 7.09. The summed E-state index contributed by atoms with van der Waals surface area (Å²) in [6, 6.07) is 27.5. The first kappa shape index (κ1) is 24.4. The smallest absolute Gasteiger partial charge is 0.244 e. The van der Waals surface area contributed by atoms with Crippen molar-refractivity contribution in [1.82, 2.24) is 10.3 Å². The van der Waals surface area contributed by atoms with E-state index < -0.39 is 5.92 Å². The van der Waals surface area contributed by atoms with Gasteiger partial charge in [0, 0.05) is 29.4 Å². The molecule has 6 nitrogen and oxygen atoms in total. The van der Waals surface area contributed by atoms with Gasteiger partial charge in [-0.05, 0) is 28.8 Å². The lowest BCUT2D eigenvalue weighted by Crippen LogP contribution is -2.57. The van der Waals surface area contributed by atoms with Crippen LogP contribution in [0.2, 0.25) is 0 Å². The van der Waals surface area contributed by atoms with Crippen LogP contribution in [0.25, 0.3) is 0 Å². The van der Waals surface area contributed by atoms with Crippen molar-refractivity contribution in [2.75, 3.05) is 26.3 Å². The maximum atomic E-state index is 13.8. The summed E-state index contributed by atoms with van der Waals surface area (Å²) in [6.07, 6.45) is 1.63. The van der Waals surface area contributed by atoms with Gasteiger partial charge in [-0.3, -0.25) is 9.59 Å². The number of benzene rings is 3. The van der Waals surface area contributed by atoms with Crippen molar-refractivity contribution in [3.05, 3.63) is 106 Å². The van der Waals surface area contributed by atoms with Gasteiger partial charge >= 0.3 is 0 Å². The van der Waals surface area contributed by atoms with Crippen molar-refractivity contribution in [3.63, 3.8) is 0 Å². The molecule has 1 N–H and O–H groups in total. The topological polar surface area (TPSA) is 71.0 Å². The van der Waals surface area contributed by atoms with Crippen LogP contribution in [-0.2, 0) is 14.3 Å². The van der Waals surface area contributed by atoms with Crippen molar-refractivity contribution in [2.45, 2.75) is 11.8 Å². The summed E-state index contributed by atoms with van der Waals surface area (Å²) >= 11 is 3.42. The predicted octanol–water partition coefficient (Wildman–Crippen LogP) is 4.57. The first-order chi connectivity index (χ1) is 17.6. The second-order valence-corrected chi connectivity index (χ2v) is 10.1. The molecule has 1 saturated carbocycles. The number of morpholine rings is 1. The van der Waals surface area contributed by atoms with Gasteiger partial charge < -0.3 is 9.64 Å². The Hall–Kier alpha value is -3.29. The number of hydrazone groups is 1. The summed E-state index contributed by atoms with van der Waals surface area (Å²) in [5.74, 6) is -1.34. The Bertz CT molecular complexity index is 1160. The highest BCUT2D eigenvalue weighted by atomic mass is 79.9. The monoisotopic (exact) mass is 545 g/mol. The average Bonchev–Trinajstić information content (AvgIpc) is 2.91. The minimum Gasteiger partial charge on any atom is -0.378 e. The summed E-state index contributed by atoms with van der Waals surface area (Å²) in [4.78, 5) is 29.3. The van der Waals surface area contributed by atoms with E-state index in [1.54, 1.807) is 6.21 Å². The van der Waals surface area contributed by atoms with Crippen LogP contribution in [0.4, 0.5) is 0 Å². The lowest BCUT2D eigenvalue weighted by atomic mass is 9.51. The van der Waals surface area contributed by atoms with E-state index in [4.69, 9.17) is 4.74 Å². The molecule has 1 heterocycles. The molecule has 0 aromatic heterocycles. The minimum absolute atomic E-state index is 0.0865. The summed E-state index contributed by atoms with van der Waals surface area (Å²) in [5, 5.41) is 4.24. The normalized spacial score (nSPS) is 23.8. The molecule has 2 amide bonds. The summed E-state index contributed by atoms with van der Waals surface area (Å²) in [5.41, 5.74) is 5.63. The van der Waals surface area contributed by atoms with E-state index in [-0.39, 0.29) is 29.6 Å². The molecule has 2 unspecified atom stereocenters. The molecule has 3 aromatic carbocycles. The zero-order valence-electron chi connectivity index (χ0n) is 19.8. The fraction of sp³-hybridized carbons (Fsp3) is 0.276. The van der Waals surface area contributed by atoms with Gasteiger partial charge in [0.15, 0.2) is 0 Å². The van der Waals surface area contributed by atoms with Crippen LogP contribution in [0.15, 0.2) is 94.5 Å². The number of hydrogen-bond acceptors (Lipinski definition) is 4. The Morgan fingerprint density at radius 1 is 0.833 bits per heavy atom. The van der Waals surface area contributed by atoms with Crippen LogP contribution < -0.4 is 5.43 Å². The summed E-state index contributed by atoms with van der Waals surface area (Å²) in [7, 11) is 0. The lowest BCUT2D eigenvalue weighted by molar-refractivity contribution is -0.151. The summed E-state index contributed by atoms with van der Waals surface area (Å²) < 4.78 is 6.45. The molecule has 36 heavy (non-hydrogen) atoms. The van der Waals surface area contributed by atoms with E-state index in [0.29, 0.717) is 26.3 Å². The van der Waals surface area contributed by atoms with Crippen molar-refractivity contribution < 1.29 is 14.3 Å². The first-order valence-electron chi connectivity index (χ1n) is 12.2. The molecule has 184 valence electrons. The zero-order valence-corrected chi connectivity index (χ0v) is 21.4. The molecule has 1 aliphatic carbocycles. The fourth-order valence-corrected chi connectivity index (χ4v) is 5.61. The van der Waals surface area contributed by atoms with Gasteiger partial charge in [0.25, 0.3) is 0 Å².